The van der Waals surface area contributed by atoms with Crippen molar-refractivity contribution in [2.45, 2.75) is 20.0 Å². The summed E-state index contributed by atoms with van der Waals surface area (Å²) in [7, 11) is 0. The maximum atomic E-state index is 10.8. The van der Waals surface area contributed by atoms with Gasteiger partial charge in [-0.1, -0.05) is 0 Å². The summed E-state index contributed by atoms with van der Waals surface area (Å²) in [5.41, 5.74) is 0.879. The van der Waals surface area contributed by atoms with Crippen LogP contribution in [0, 0.1) is 6.92 Å². The van der Waals surface area contributed by atoms with Crippen molar-refractivity contribution in [3.63, 3.8) is 0 Å². The lowest BCUT2D eigenvalue weighted by Gasteiger charge is -2.08. The van der Waals surface area contributed by atoms with Crippen LogP contribution in [0.4, 0.5) is 0 Å². The second-order valence-electron chi connectivity index (χ2n) is 3.79. The van der Waals surface area contributed by atoms with E-state index in [9.17, 15) is 4.79 Å². The van der Waals surface area contributed by atoms with Gasteiger partial charge in [-0.2, -0.15) is 0 Å². The van der Waals surface area contributed by atoms with E-state index in [1.807, 2.05) is 13.0 Å². The van der Waals surface area contributed by atoms with Crippen molar-refractivity contribution in [2.24, 2.45) is 0 Å². The third-order valence-electron chi connectivity index (χ3n) is 2.24. The van der Waals surface area contributed by atoms with Gasteiger partial charge in [0.15, 0.2) is 0 Å². The van der Waals surface area contributed by atoms with Crippen molar-refractivity contribution in [3.8, 4) is 11.5 Å². The molecule has 4 heteroatoms. The van der Waals surface area contributed by atoms with Gasteiger partial charge in [-0.05, 0) is 30.7 Å². The molecule has 0 saturated carbocycles. The summed E-state index contributed by atoms with van der Waals surface area (Å²) in [5.74, 6) is 1.02. The van der Waals surface area contributed by atoms with E-state index >= 15 is 0 Å². The van der Waals surface area contributed by atoms with Crippen LogP contribution in [0.25, 0.3) is 0 Å². The second-order valence-corrected chi connectivity index (χ2v) is 3.79. The monoisotopic (exact) mass is 222 g/mol. The topological polar surface area (TPSA) is 48.1 Å². The number of esters is 1. The fraction of sp³-hybridized carbons (Fsp3) is 0.417. The molecule has 0 aromatic heterocycles. The van der Waals surface area contributed by atoms with E-state index in [-0.39, 0.29) is 12.1 Å². The lowest BCUT2D eigenvalue weighted by molar-refractivity contribution is -0.131. The molecule has 4 nitrogen and oxygen atoms in total. The molecule has 0 bridgehead atoms. The van der Waals surface area contributed by atoms with Crippen molar-refractivity contribution in [1.29, 1.82) is 0 Å². The van der Waals surface area contributed by atoms with Gasteiger partial charge in [-0.3, -0.25) is 4.79 Å². The molecule has 0 radical (unpaired) electrons. The normalized spacial score (nSPS) is 18.0. The third-order valence-corrected chi connectivity index (χ3v) is 2.24. The number of epoxide rings is 1. The summed E-state index contributed by atoms with van der Waals surface area (Å²) in [5, 5.41) is 0. The highest BCUT2D eigenvalue weighted by Gasteiger charge is 2.23. The van der Waals surface area contributed by atoms with Crippen molar-refractivity contribution < 1.29 is 19.0 Å². The molecule has 1 saturated heterocycles. The molecule has 0 spiro atoms. The van der Waals surface area contributed by atoms with Crippen LogP contribution in [-0.2, 0) is 9.53 Å². The summed E-state index contributed by atoms with van der Waals surface area (Å²) >= 11 is 0. The quantitative estimate of drug-likeness (QED) is 0.442. The first-order chi connectivity index (χ1) is 7.65. The van der Waals surface area contributed by atoms with Crippen LogP contribution < -0.4 is 9.47 Å². The van der Waals surface area contributed by atoms with E-state index in [0.717, 1.165) is 17.9 Å². The first kappa shape index (κ1) is 11.0. The molecular weight excluding hydrogens is 208 g/mol. The average Bonchev–Trinajstić information content (AvgIpc) is 3.02. The van der Waals surface area contributed by atoms with Gasteiger partial charge in [0.05, 0.1) is 6.61 Å². The Labute approximate surface area is 94.1 Å². The minimum Gasteiger partial charge on any atom is -0.491 e. The zero-order valence-electron chi connectivity index (χ0n) is 9.36. The zero-order valence-corrected chi connectivity index (χ0v) is 9.36. The molecule has 1 aliphatic rings. The van der Waals surface area contributed by atoms with Gasteiger partial charge >= 0.3 is 5.97 Å². The van der Waals surface area contributed by atoms with E-state index in [4.69, 9.17) is 14.2 Å². The van der Waals surface area contributed by atoms with Gasteiger partial charge in [0.2, 0.25) is 0 Å². The molecule has 0 N–H and O–H groups in total. The number of carbonyl (C=O) groups is 1. The Kier molecular flexibility index (Phi) is 3.10. The van der Waals surface area contributed by atoms with Crippen LogP contribution in [0.1, 0.15) is 12.5 Å². The number of hydrogen-bond donors (Lipinski definition) is 0. The van der Waals surface area contributed by atoms with Crippen molar-refractivity contribution in [2.75, 3.05) is 13.2 Å². The lowest BCUT2D eigenvalue weighted by atomic mass is 10.2. The molecule has 16 heavy (non-hydrogen) atoms. The van der Waals surface area contributed by atoms with Crippen molar-refractivity contribution >= 4 is 5.97 Å². The highest BCUT2D eigenvalue weighted by molar-refractivity contribution is 5.69. The Bertz CT molecular complexity index is 396. The molecular formula is C12H14O4. The number of aryl methyl sites for hydroxylation is 1. The molecule has 1 heterocycles. The van der Waals surface area contributed by atoms with E-state index < -0.39 is 0 Å². The van der Waals surface area contributed by atoms with Crippen LogP contribution >= 0.6 is 0 Å². The molecule has 1 aromatic carbocycles. The van der Waals surface area contributed by atoms with Gasteiger partial charge in [-0.25, -0.2) is 0 Å². The summed E-state index contributed by atoms with van der Waals surface area (Å²) in [4.78, 5) is 10.8. The second kappa shape index (κ2) is 4.53. The summed E-state index contributed by atoms with van der Waals surface area (Å²) in [6.45, 7) is 4.61. The first-order valence-electron chi connectivity index (χ1n) is 5.18. The van der Waals surface area contributed by atoms with E-state index in [2.05, 4.69) is 0 Å². The van der Waals surface area contributed by atoms with Crippen LogP contribution in [0.5, 0.6) is 11.5 Å². The number of ether oxygens (including phenoxy) is 3. The fourth-order valence-corrected chi connectivity index (χ4v) is 1.33. The van der Waals surface area contributed by atoms with Gasteiger partial charge in [-0.15, -0.1) is 0 Å². The van der Waals surface area contributed by atoms with Gasteiger partial charge in [0.1, 0.15) is 24.2 Å². The maximum absolute atomic E-state index is 10.8. The summed E-state index contributed by atoms with van der Waals surface area (Å²) < 4.78 is 15.6. The molecule has 1 aliphatic heterocycles. The first-order valence-corrected chi connectivity index (χ1v) is 5.18. The van der Waals surface area contributed by atoms with Crippen LogP contribution in [0.3, 0.4) is 0 Å². The smallest absolute Gasteiger partial charge is 0.308 e. The molecule has 1 fully saturated rings. The predicted molar refractivity (Wildman–Crippen MR) is 57.7 cm³/mol. The lowest BCUT2D eigenvalue weighted by Crippen LogP contribution is -2.05. The molecule has 1 atom stereocenters. The van der Waals surface area contributed by atoms with Crippen molar-refractivity contribution in [1.82, 2.24) is 0 Å². The Morgan fingerprint density at radius 3 is 2.88 bits per heavy atom. The minimum absolute atomic E-state index is 0.244. The minimum atomic E-state index is -0.317. The fourth-order valence-electron chi connectivity index (χ4n) is 1.33. The van der Waals surface area contributed by atoms with Gasteiger partial charge in [0, 0.05) is 6.92 Å². The SMILES string of the molecule is CC(=O)Oc1ccc(OC[C@H]2CO2)cc1C. The largest absolute Gasteiger partial charge is 0.491 e. The predicted octanol–water partition coefficient (Wildman–Crippen LogP) is 1.70. The summed E-state index contributed by atoms with van der Waals surface area (Å²) in [6, 6.07) is 5.37. The van der Waals surface area contributed by atoms with E-state index in [0.29, 0.717) is 12.4 Å². The molecule has 2 rings (SSSR count). The number of hydrogen-bond acceptors (Lipinski definition) is 4. The van der Waals surface area contributed by atoms with Gasteiger partial charge < -0.3 is 14.2 Å². The number of carbonyl (C=O) groups excluding carboxylic acids is 1. The molecule has 86 valence electrons. The zero-order chi connectivity index (χ0) is 11.5. The van der Waals surface area contributed by atoms with E-state index in [1.165, 1.54) is 6.92 Å². The highest BCUT2D eigenvalue weighted by atomic mass is 16.6. The maximum Gasteiger partial charge on any atom is 0.308 e. The summed E-state index contributed by atoms with van der Waals surface area (Å²) in [6.07, 6.45) is 0.244. The van der Waals surface area contributed by atoms with Gasteiger partial charge in [0.25, 0.3) is 0 Å². The number of benzene rings is 1. The van der Waals surface area contributed by atoms with Crippen LogP contribution in [-0.4, -0.2) is 25.3 Å². The van der Waals surface area contributed by atoms with E-state index in [1.54, 1.807) is 12.1 Å². The molecule has 0 amide bonds. The Morgan fingerprint density at radius 2 is 2.31 bits per heavy atom. The molecule has 1 aromatic rings. The third kappa shape index (κ3) is 2.97. The number of rotatable bonds is 4. The Balaban J connectivity index is 1.99. The average molecular weight is 222 g/mol. The Morgan fingerprint density at radius 1 is 1.56 bits per heavy atom. The van der Waals surface area contributed by atoms with Crippen molar-refractivity contribution in [3.05, 3.63) is 23.8 Å². The van der Waals surface area contributed by atoms with Crippen LogP contribution in [0.2, 0.25) is 0 Å². The van der Waals surface area contributed by atoms with Crippen LogP contribution in [0.15, 0.2) is 18.2 Å². The Hall–Kier alpha value is -1.55. The standard InChI is InChI=1S/C12H14O4/c1-8-5-10(14-6-11-7-15-11)3-4-12(8)16-9(2)13/h3-5,11H,6-7H2,1-2H3/t11-/m0/s1. The highest BCUT2D eigenvalue weighted by Crippen LogP contribution is 2.24. The molecule has 0 aliphatic carbocycles. The molecule has 0 unspecified atom stereocenters.